The molecule has 3 aromatic rings. The summed E-state index contributed by atoms with van der Waals surface area (Å²) in [5, 5.41) is 6.12. The fourth-order valence-electron chi connectivity index (χ4n) is 2.81. The number of amides is 1. The summed E-state index contributed by atoms with van der Waals surface area (Å²) in [5.41, 5.74) is 4.32. The summed E-state index contributed by atoms with van der Waals surface area (Å²) in [5.74, 6) is 1.87. The van der Waals surface area contributed by atoms with Crippen molar-refractivity contribution in [1.29, 1.82) is 0 Å². The summed E-state index contributed by atoms with van der Waals surface area (Å²) in [4.78, 5) is 16.8. The van der Waals surface area contributed by atoms with Crippen LogP contribution < -0.4 is 20.1 Å². The molecule has 27 heavy (non-hydrogen) atoms. The van der Waals surface area contributed by atoms with Gasteiger partial charge in [0, 0.05) is 23.6 Å². The lowest BCUT2D eigenvalue weighted by molar-refractivity contribution is 0.102. The van der Waals surface area contributed by atoms with Crippen LogP contribution >= 0.6 is 0 Å². The van der Waals surface area contributed by atoms with Crippen molar-refractivity contribution in [1.82, 2.24) is 4.98 Å². The molecule has 1 aliphatic heterocycles. The zero-order valence-corrected chi connectivity index (χ0v) is 15.1. The van der Waals surface area contributed by atoms with E-state index in [2.05, 4.69) is 15.6 Å². The number of nitrogens with one attached hydrogen (secondary N) is 2. The smallest absolute Gasteiger partial charge is 0.257 e. The van der Waals surface area contributed by atoms with E-state index >= 15 is 0 Å². The number of benzene rings is 2. The molecule has 0 spiro atoms. The van der Waals surface area contributed by atoms with Crippen molar-refractivity contribution < 1.29 is 14.3 Å². The van der Waals surface area contributed by atoms with E-state index in [0.29, 0.717) is 17.1 Å². The Kier molecular flexibility index (Phi) is 4.38. The zero-order valence-electron chi connectivity index (χ0n) is 15.1. The predicted molar refractivity (Wildman–Crippen MR) is 104 cm³/mol. The average Bonchev–Trinajstić information content (AvgIpc) is 3.14. The van der Waals surface area contributed by atoms with E-state index in [1.54, 1.807) is 18.3 Å². The van der Waals surface area contributed by atoms with Gasteiger partial charge in [-0.1, -0.05) is 12.1 Å². The van der Waals surface area contributed by atoms with Crippen LogP contribution in [0.3, 0.4) is 0 Å². The van der Waals surface area contributed by atoms with Crippen LogP contribution in [0.2, 0.25) is 0 Å². The normalized spacial score (nSPS) is 11.9. The molecule has 1 aromatic heterocycles. The largest absolute Gasteiger partial charge is 0.454 e. The van der Waals surface area contributed by atoms with E-state index in [9.17, 15) is 4.79 Å². The summed E-state index contributed by atoms with van der Waals surface area (Å²) in [6.07, 6.45) is 1.55. The van der Waals surface area contributed by atoms with Crippen molar-refractivity contribution >= 4 is 23.1 Å². The molecule has 4 rings (SSSR count). The molecule has 0 fully saturated rings. The van der Waals surface area contributed by atoms with Gasteiger partial charge in [-0.05, 0) is 55.3 Å². The number of hydrogen-bond donors (Lipinski definition) is 2. The van der Waals surface area contributed by atoms with Crippen molar-refractivity contribution in [3.8, 4) is 11.5 Å². The molecule has 6 heteroatoms. The second-order valence-corrected chi connectivity index (χ2v) is 6.33. The number of nitrogens with zero attached hydrogens (tertiary/aromatic N) is 1. The highest BCUT2D eigenvalue weighted by atomic mass is 16.7. The van der Waals surface area contributed by atoms with Crippen molar-refractivity contribution in [3.05, 3.63) is 71.4 Å². The minimum Gasteiger partial charge on any atom is -0.454 e. The number of rotatable bonds is 4. The zero-order chi connectivity index (χ0) is 18.8. The molecule has 6 nitrogen and oxygen atoms in total. The van der Waals surface area contributed by atoms with Crippen molar-refractivity contribution in [2.24, 2.45) is 0 Å². The maximum Gasteiger partial charge on any atom is 0.257 e. The van der Waals surface area contributed by atoms with E-state index in [4.69, 9.17) is 9.47 Å². The predicted octanol–water partition coefficient (Wildman–Crippen LogP) is 4.42. The second kappa shape index (κ2) is 6.99. The molecule has 1 amide bonds. The van der Waals surface area contributed by atoms with Crippen molar-refractivity contribution in [2.75, 3.05) is 17.4 Å². The van der Waals surface area contributed by atoms with Gasteiger partial charge in [0.2, 0.25) is 6.79 Å². The molecule has 2 aromatic carbocycles. The van der Waals surface area contributed by atoms with Gasteiger partial charge >= 0.3 is 0 Å². The lowest BCUT2D eigenvalue weighted by atomic mass is 10.1. The maximum absolute atomic E-state index is 12.5. The molecule has 0 radical (unpaired) electrons. The third-order valence-electron chi connectivity index (χ3n) is 4.52. The number of carbonyl (C=O) groups is 1. The van der Waals surface area contributed by atoms with Gasteiger partial charge in [0.25, 0.3) is 5.91 Å². The van der Waals surface area contributed by atoms with Gasteiger partial charge in [-0.25, -0.2) is 4.98 Å². The number of pyridine rings is 1. The van der Waals surface area contributed by atoms with Crippen molar-refractivity contribution in [3.63, 3.8) is 0 Å². The van der Waals surface area contributed by atoms with Gasteiger partial charge in [-0.15, -0.1) is 0 Å². The number of hydrogen-bond acceptors (Lipinski definition) is 5. The highest BCUT2D eigenvalue weighted by Crippen LogP contribution is 2.34. The average molecular weight is 361 g/mol. The summed E-state index contributed by atoms with van der Waals surface area (Å²) < 4.78 is 10.7. The van der Waals surface area contributed by atoms with Crippen LogP contribution in [-0.2, 0) is 0 Å². The first-order chi connectivity index (χ1) is 13.1. The van der Waals surface area contributed by atoms with Crippen LogP contribution in [0.1, 0.15) is 21.5 Å². The number of aryl methyl sites for hydroxylation is 1. The Morgan fingerprint density at radius 1 is 1.04 bits per heavy atom. The molecule has 0 unspecified atom stereocenters. The van der Waals surface area contributed by atoms with E-state index in [-0.39, 0.29) is 12.7 Å². The summed E-state index contributed by atoms with van der Waals surface area (Å²) in [6, 6.07) is 14.9. The molecule has 2 N–H and O–H groups in total. The van der Waals surface area contributed by atoms with E-state index in [1.807, 2.05) is 50.2 Å². The topological polar surface area (TPSA) is 72.5 Å². The molecule has 1 aliphatic rings. The van der Waals surface area contributed by atoms with Crippen LogP contribution in [0.4, 0.5) is 17.2 Å². The first-order valence-corrected chi connectivity index (χ1v) is 8.60. The highest BCUT2D eigenvalue weighted by molar-refractivity contribution is 6.04. The fourth-order valence-corrected chi connectivity index (χ4v) is 2.81. The Labute approximate surface area is 157 Å². The standard InChI is InChI=1S/C21H19N3O3/c1-13-4-3-5-17(14(13)2)24-21(25)15-6-9-20(22-11-15)23-16-7-8-18-19(10-16)27-12-26-18/h3-11H,12H2,1-2H3,(H,22,23)(H,24,25). The van der Waals surface area contributed by atoms with Gasteiger partial charge in [-0.3, -0.25) is 4.79 Å². The maximum atomic E-state index is 12.5. The van der Waals surface area contributed by atoms with E-state index < -0.39 is 0 Å². The quantitative estimate of drug-likeness (QED) is 0.719. The lowest BCUT2D eigenvalue weighted by Gasteiger charge is -2.11. The molecule has 0 bridgehead atoms. The molecule has 0 atom stereocenters. The molecular formula is C21H19N3O3. The van der Waals surface area contributed by atoms with Gasteiger partial charge in [-0.2, -0.15) is 0 Å². The number of ether oxygens (including phenoxy) is 2. The second-order valence-electron chi connectivity index (χ2n) is 6.33. The van der Waals surface area contributed by atoms with Gasteiger partial charge < -0.3 is 20.1 Å². The number of anilines is 3. The first kappa shape index (κ1) is 16.9. The van der Waals surface area contributed by atoms with E-state index in [0.717, 1.165) is 28.3 Å². The Balaban J connectivity index is 1.45. The third kappa shape index (κ3) is 3.55. The molecule has 0 aliphatic carbocycles. The monoisotopic (exact) mass is 361 g/mol. The summed E-state index contributed by atoms with van der Waals surface area (Å²) >= 11 is 0. The lowest BCUT2D eigenvalue weighted by Crippen LogP contribution is -2.13. The van der Waals surface area contributed by atoms with Crippen molar-refractivity contribution in [2.45, 2.75) is 13.8 Å². The third-order valence-corrected chi connectivity index (χ3v) is 4.52. The van der Waals surface area contributed by atoms with Crippen LogP contribution in [0.25, 0.3) is 0 Å². The van der Waals surface area contributed by atoms with Crippen LogP contribution in [0, 0.1) is 13.8 Å². The molecule has 136 valence electrons. The summed E-state index contributed by atoms with van der Waals surface area (Å²) in [7, 11) is 0. The minimum absolute atomic E-state index is 0.189. The Hall–Kier alpha value is -3.54. The van der Waals surface area contributed by atoms with Gasteiger partial charge in [0.1, 0.15) is 5.82 Å². The SMILES string of the molecule is Cc1cccc(NC(=O)c2ccc(Nc3ccc4c(c3)OCO4)nc2)c1C. The van der Waals surface area contributed by atoms with Gasteiger partial charge in [0.15, 0.2) is 11.5 Å². The molecule has 2 heterocycles. The minimum atomic E-state index is -0.189. The number of fused-ring (bicyclic) bond motifs is 1. The van der Waals surface area contributed by atoms with Crippen LogP contribution in [0.15, 0.2) is 54.7 Å². The number of carbonyl (C=O) groups excluding carboxylic acids is 1. The number of aromatic nitrogens is 1. The summed E-state index contributed by atoms with van der Waals surface area (Å²) in [6.45, 7) is 4.24. The Morgan fingerprint density at radius 3 is 2.70 bits per heavy atom. The molecular weight excluding hydrogens is 342 g/mol. The van der Waals surface area contributed by atoms with Crippen LogP contribution in [-0.4, -0.2) is 17.7 Å². The van der Waals surface area contributed by atoms with E-state index in [1.165, 1.54) is 0 Å². The molecule has 0 saturated carbocycles. The Morgan fingerprint density at radius 2 is 1.89 bits per heavy atom. The fraction of sp³-hybridized carbons (Fsp3) is 0.143. The van der Waals surface area contributed by atoms with Gasteiger partial charge in [0.05, 0.1) is 5.56 Å². The molecule has 0 saturated heterocycles. The highest BCUT2D eigenvalue weighted by Gasteiger charge is 2.14. The van der Waals surface area contributed by atoms with Crippen LogP contribution in [0.5, 0.6) is 11.5 Å². The first-order valence-electron chi connectivity index (χ1n) is 8.60. The Bertz CT molecular complexity index is 1000.